The van der Waals surface area contributed by atoms with Crippen LogP contribution in [-0.2, 0) is 0 Å². The third-order valence-corrected chi connectivity index (χ3v) is 3.53. The molecule has 0 amide bonds. The molecule has 1 aliphatic rings. The summed E-state index contributed by atoms with van der Waals surface area (Å²) in [6, 6.07) is 3.72. The summed E-state index contributed by atoms with van der Waals surface area (Å²) in [5.74, 6) is 0.667. The van der Waals surface area contributed by atoms with E-state index in [1.165, 1.54) is 12.8 Å². The molecule has 0 atom stereocenters. The Hall–Kier alpha value is -1.55. The SMILES string of the molecule is Clc1c(OC2CCCC2)cnn1-c1ccncc1. The normalized spacial score (nSPS) is 16.1. The van der Waals surface area contributed by atoms with E-state index in [0.717, 1.165) is 18.5 Å². The van der Waals surface area contributed by atoms with E-state index in [4.69, 9.17) is 16.3 Å². The van der Waals surface area contributed by atoms with Crippen LogP contribution in [0.5, 0.6) is 5.75 Å². The molecule has 94 valence electrons. The molecule has 0 saturated heterocycles. The lowest BCUT2D eigenvalue weighted by Crippen LogP contribution is -2.10. The molecule has 4 nitrogen and oxygen atoms in total. The van der Waals surface area contributed by atoms with Crippen LogP contribution in [0.4, 0.5) is 0 Å². The molecule has 3 rings (SSSR count). The number of nitrogens with zero attached hydrogens (tertiary/aromatic N) is 3. The van der Waals surface area contributed by atoms with Crippen LogP contribution >= 0.6 is 11.6 Å². The Bertz CT molecular complexity index is 520. The maximum atomic E-state index is 6.29. The largest absolute Gasteiger partial charge is 0.485 e. The topological polar surface area (TPSA) is 39.9 Å². The zero-order valence-electron chi connectivity index (χ0n) is 9.92. The van der Waals surface area contributed by atoms with Gasteiger partial charge in [-0.05, 0) is 37.8 Å². The van der Waals surface area contributed by atoms with Crippen LogP contribution in [0.25, 0.3) is 5.69 Å². The van der Waals surface area contributed by atoms with Crippen molar-refractivity contribution in [3.05, 3.63) is 35.9 Å². The van der Waals surface area contributed by atoms with Crippen molar-refractivity contribution in [2.75, 3.05) is 0 Å². The molecule has 1 saturated carbocycles. The second kappa shape index (κ2) is 4.98. The lowest BCUT2D eigenvalue weighted by molar-refractivity contribution is 0.210. The Kier molecular flexibility index (Phi) is 3.19. The smallest absolute Gasteiger partial charge is 0.177 e. The first-order valence-electron chi connectivity index (χ1n) is 6.15. The van der Waals surface area contributed by atoms with E-state index >= 15 is 0 Å². The van der Waals surface area contributed by atoms with E-state index in [-0.39, 0.29) is 6.10 Å². The first kappa shape index (κ1) is 11.5. The highest BCUT2D eigenvalue weighted by molar-refractivity contribution is 6.31. The zero-order valence-corrected chi connectivity index (χ0v) is 10.7. The fraction of sp³-hybridized carbons (Fsp3) is 0.385. The number of halogens is 1. The summed E-state index contributed by atoms with van der Waals surface area (Å²) >= 11 is 6.29. The van der Waals surface area contributed by atoms with Gasteiger partial charge in [0, 0.05) is 12.4 Å². The molecule has 2 aromatic heterocycles. The highest BCUT2D eigenvalue weighted by atomic mass is 35.5. The van der Waals surface area contributed by atoms with Crippen LogP contribution in [-0.4, -0.2) is 20.9 Å². The summed E-state index contributed by atoms with van der Waals surface area (Å²) in [4.78, 5) is 3.98. The van der Waals surface area contributed by atoms with Crippen molar-refractivity contribution in [2.45, 2.75) is 31.8 Å². The predicted molar refractivity (Wildman–Crippen MR) is 69.3 cm³/mol. The van der Waals surface area contributed by atoms with Crippen LogP contribution in [0.3, 0.4) is 0 Å². The predicted octanol–water partition coefficient (Wildman–Crippen LogP) is 3.24. The zero-order chi connectivity index (χ0) is 12.4. The molecule has 18 heavy (non-hydrogen) atoms. The number of aromatic nitrogens is 3. The van der Waals surface area contributed by atoms with Crippen LogP contribution < -0.4 is 4.74 Å². The molecule has 0 bridgehead atoms. The molecule has 0 N–H and O–H groups in total. The van der Waals surface area contributed by atoms with E-state index < -0.39 is 0 Å². The number of rotatable bonds is 3. The van der Waals surface area contributed by atoms with Gasteiger partial charge in [0.1, 0.15) is 0 Å². The van der Waals surface area contributed by atoms with Gasteiger partial charge in [-0.1, -0.05) is 11.6 Å². The number of pyridine rings is 1. The molecule has 2 heterocycles. The van der Waals surface area contributed by atoms with Gasteiger partial charge in [-0.25, -0.2) is 4.68 Å². The van der Waals surface area contributed by atoms with Crippen LogP contribution in [0.15, 0.2) is 30.7 Å². The summed E-state index contributed by atoms with van der Waals surface area (Å²) in [6.45, 7) is 0. The Morgan fingerprint density at radius 2 is 1.94 bits per heavy atom. The maximum absolute atomic E-state index is 6.29. The minimum absolute atomic E-state index is 0.289. The van der Waals surface area contributed by atoms with Crippen LogP contribution in [0.1, 0.15) is 25.7 Å². The van der Waals surface area contributed by atoms with Crippen LogP contribution in [0.2, 0.25) is 5.15 Å². The van der Waals surface area contributed by atoms with Gasteiger partial charge in [0.05, 0.1) is 18.0 Å². The van der Waals surface area contributed by atoms with Gasteiger partial charge in [-0.2, -0.15) is 5.10 Å². The third kappa shape index (κ3) is 2.20. The van der Waals surface area contributed by atoms with Gasteiger partial charge in [0.25, 0.3) is 0 Å². The summed E-state index contributed by atoms with van der Waals surface area (Å²) in [6.07, 6.45) is 10.1. The molecule has 0 spiro atoms. The number of ether oxygens (including phenoxy) is 1. The molecule has 0 aliphatic heterocycles. The molecular weight excluding hydrogens is 250 g/mol. The van der Waals surface area contributed by atoms with Crippen molar-refractivity contribution in [3.63, 3.8) is 0 Å². The van der Waals surface area contributed by atoms with Crippen molar-refractivity contribution in [2.24, 2.45) is 0 Å². The van der Waals surface area contributed by atoms with Crippen LogP contribution in [0, 0.1) is 0 Å². The van der Waals surface area contributed by atoms with Crippen molar-refractivity contribution in [1.29, 1.82) is 0 Å². The van der Waals surface area contributed by atoms with Crippen molar-refractivity contribution in [3.8, 4) is 11.4 Å². The van der Waals surface area contributed by atoms with Gasteiger partial charge < -0.3 is 4.74 Å². The van der Waals surface area contributed by atoms with Gasteiger partial charge in [-0.15, -0.1) is 0 Å². The van der Waals surface area contributed by atoms with Crippen molar-refractivity contribution >= 4 is 11.6 Å². The summed E-state index contributed by atoms with van der Waals surface area (Å²) in [7, 11) is 0. The van der Waals surface area contributed by atoms with Gasteiger partial charge in [0.2, 0.25) is 0 Å². The second-order valence-electron chi connectivity index (χ2n) is 4.44. The van der Waals surface area contributed by atoms with Gasteiger partial charge in [0.15, 0.2) is 10.9 Å². The standard InChI is InChI=1S/C13H14ClN3O/c14-13-12(18-11-3-1-2-4-11)9-16-17(13)10-5-7-15-8-6-10/h5-9,11H,1-4H2. The van der Waals surface area contributed by atoms with E-state index in [0.29, 0.717) is 10.9 Å². The van der Waals surface area contributed by atoms with Crippen molar-refractivity contribution < 1.29 is 4.74 Å². The van der Waals surface area contributed by atoms with E-state index in [9.17, 15) is 0 Å². The minimum Gasteiger partial charge on any atom is -0.485 e. The molecular formula is C13H14ClN3O. The fourth-order valence-corrected chi connectivity index (χ4v) is 2.48. The lowest BCUT2D eigenvalue weighted by atomic mass is 10.3. The Morgan fingerprint density at radius 3 is 2.67 bits per heavy atom. The average Bonchev–Trinajstić information content (AvgIpc) is 3.03. The minimum atomic E-state index is 0.289. The monoisotopic (exact) mass is 263 g/mol. The Morgan fingerprint density at radius 1 is 1.22 bits per heavy atom. The van der Waals surface area contributed by atoms with Gasteiger partial charge in [-0.3, -0.25) is 4.98 Å². The molecule has 0 radical (unpaired) electrons. The average molecular weight is 264 g/mol. The first-order chi connectivity index (χ1) is 8.84. The lowest BCUT2D eigenvalue weighted by Gasteiger charge is -2.11. The summed E-state index contributed by atoms with van der Waals surface area (Å²) in [5, 5.41) is 4.78. The summed E-state index contributed by atoms with van der Waals surface area (Å²) in [5.41, 5.74) is 0.885. The third-order valence-electron chi connectivity index (χ3n) is 3.18. The van der Waals surface area contributed by atoms with E-state index in [2.05, 4.69) is 10.1 Å². The molecule has 0 unspecified atom stereocenters. The van der Waals surface area contributed by atoms with E-state index in [1.54, 1.807) is 23.3 Å². The molecule has 0 aromatic carbocycles. The first-order valence-corrected chi connectivity index (χ1v) is 6.53. The van der Waals surface area contributed by atoms with Crippen molar-refractivity contribution in [1.82, 2.24) is 14.8 Å². The number of hydrogen-bond acceptors (Lipinski definition) is 3. The van der Waals surface area contributed by atoms with Gasteiger partial charge >= 0.3 is 0 Å². The molecule has 1 fully saturated rings. The Balaban J connectivity index is 1.83. The molecule has 2 aromatic rings. The molecule has 5 heteroatoms. The highest BCUT2D eigenvalue weighted by Crippen LogP contribution is 2.30. The van der Waals surface area contributed by atoms with E-state index in [1.807, 2.05) is 12.1 Å². The fourth-order valence-electron chi connectivity index (χ4n) is 2.25. The second-order valence-corrected chi connectivity index (χ2v) is 4.80. The Labute approximate surface area is 111 Å². The highest BCUT2D eigenvalue weighted by Gasteiger charge is 2.20. The molecule has 1 aliphatic carbocycles. The maximum Gasteiger partial charge on any atom is 0.177 e. The number of hydrogen-bond donors (Lipinski definition) is 0. The quantitative estimate of drug-likeness (QED) is 0.853. The summed E-state index contributed by atoms with van der Waals surface area (Å²) < 4.78 is 7.54.